The minimum absolute atomic E-state index is 0.00929. The Kier molecular flexibility index (Phi) is 4.48. The van der Waals surface area contributed by atoms with Gasteiger partial charge in [0.25, 0.3) is 5.69 Å². The smallest absolute Gasteiger partial charge is 0.274 e. The first-order valence-electron chi connectivity index (χ1n) is 6.52. The molecule has 0 heterocycles. The number of alkyl halides is 1. The highest BCUT2D eigenvalue weighted by molar-refractivity contribution is 6.17. The summed E-state index contributed by atoms with van der Waals surface area (Å²) in [4.78, 5) is 10.5. The third-order valence-corrected chi connectivity index (χ3v) is 3.77. The highest BCUT2D eigenvalue weighted by Crippen LogP contribution is 2.33. The summed E-state index contributed by atoms with van der Waals surface area (Å²) in [5.41, 5.74) is 3.66. The number of nitro benzene ring substituents is 1. The van der Waals surface area contributed by atoms with Gasteiger partial charge in [-0.05, 0) is 49.6 Å². The molecular weight excluding hydrogens is 290 g/mol. The summed E-state index contributed by atoms with van der Waals surface area (Å²) in [6.45, 7) is 5.98. The van der Waals surface area contributed by atoms with Crippen LogP contribution in [0.1, 0.15) is 22.3 Å². The standard InChI is InChI=1S/C16H16ClNO3/c1-10-4-5-11(2)16(12(10)3)21-14-6-7-15(18(19)20)13(8-14)9-17/h4-8H,9H2,1-3H3. The fraction of sp³-hybridized carbons (Fsp3) is 0.250. The molecule has 2 rings (SSSR count). The van der Waals surface area contributed by atoms with E-state index in [-0.39, 0.29) is 11.6 Å². The maximum atomic E-state index is 10.9. The van der Waals surface area contributed by atoms with Crippen molar-refractivity contribution >= 4 is 17.3 Å². The van der Waals surface area contributed by atoms with Gasteiger partial charge in [0, 0.05) is 11.6 Å². The van der Waals surface area contributed by atoms with Gasteiger partial charge in [-0.15, -0.1) is 11.6 Å². The molecule has 0 N–H and O–H groups in total. The molecule has 0 aromatic heterocycles. The predicted molar refractivity (Wildman–Crippen MR) is 83.4 cm³/mol. The number of rotatable bonds is 4. The van der Waals surface area contributed by atoms with Crippen LogP contribution in [-0.4, -0.2) is 4.92 Å². The van der Waals surface area contributed by atoms with Gasteiger partial charge in [-0.2, -0.15) is 0 Å². The summed E-state index contributed by atoms with van der Waals surface area (Å²) in [5.74, 6) is 1.40. The molecule has 0 bridgehead atoms. The second kappa shape index (κ2) is 6.14. The monoisotopic (exact) mass is 305 g/mol. The van der Waals surface area contributed by atoms with Crippen LogP contribution in [-0.2, 0) is 5.88 Å². The van der Waals surface area contributed by atoms with Crippen molar-refractivity contribution in [1.29, 1.82) is 0 Å². The molecule has 0 spiro atoms. The van der Waals surface area contributed by atoms with E-state index in [2.05, 4.69) is 0 Å². The molecule has 0 saturated carbocycles. The van der Waals surface area contributed by atoms with E-state index < -0.39 is 4.92 Å². The van der Waals surface area contributed by atoms with E-state index in [0.29, 0.717) is 11.3 Å². The Bertz CT molecular complexity index is 698. The molecule has 0 radical (unpaired) electrons. The van der Waals surface area contributed by atoms with Gasteiger partial charge in [-0.3, -0.25) is 10.1 Å². The largest absolute Gasteiger partial charge is 0.457 e. The Morgan fingerprint density at radius 2 is 1.81 bits per heavy atom. The fourth-order valence-corrected chi connectivity index (χ4v) is 2.32. The van der Waals surface area contributed by atoms with Crippen LogP contribution in [0, 0.1) is 30.9 Å². The van der Waals surface area contributed by atoms with Crippen molar-refractivity contribution in [3.8, 4) is 11.5 Å². The molecule has 0 aliphatic rings. The molecule has 0 amide bonds. The highest BCUT2D eigenvalue weighted by atomic mass is 35.5. The Balaban J connectivity index is 2.41. The van der Waals surface area contributed by atoms with Crippen LogP contribution in [0.25, 0.3) is 0 Å². The number of halogens is 1. The van der Waals surface area contributed by atoms with Crippen molar-refractivity contribution in [2.45, 2.75) is 26.7 Å². The van der Waals surface area contributed by atoms with E-state index in [0.717, 1.165) is 22.4 Å². The van der Waals surface area contributed by atoms with Gasteiger partial charge in [0.1, 0.15) is 11.5 Å². The molecule has 0 saturated heterocycles. The van der Waals surface area contributed by atoms with Crippen molar-refractivity contribution in [2.24, 2.45) is 0 Å². The van der Waals surface area contributed by atoms with E-state index in [1.54, 1.807) is 12.1 Å². The first-order valence-corrected chi connectivity index (χ1v) is 7.05. The van der Waals surface area contributed by atoms with E-state index in [1.165, 1.54) is 6.07 Å². The Labute approximate surface area is 128 Å². The topological polar surface area (TPSA) is 52.4 Å². The lowest BCUT2D eigenvalue weighted by Crippen LogP contribution is -1.97. The minimum atomic E-state index is -0.440. The third kappa shape index (κ3) is 3.16. The van der Waals surface area contributed by atoms with Crippen molar-refractivity contribution in [3.63, 3.8) is 0 Å². The number of hydrogen-bond donors (Lipinski definition) is 0. The number of nitro groups is 1. The Morgan fingerprint density at radius 1 is 1.14 bits per heavy atom. The molecule has 2 aromatic carbocycles. The van der Waals surface area contributed by atoms with Crippen LogP contribution in [0.15, 0.2) is 30.3 Å². The summed E-state index contributed by atoms with van der Waals surface area (Å²) in [6.07, 6.45) is 0. The first-order chi connectivity index (χ1) is 9.93. The third-order valence-electron chi connectivity index (χ3n) is 3.49. The summed E-state index contributed by atoms with van der Waals surface area (Å²) in [7, 11) is 0. The van der Waals surface area contributed by atoms with Crippen molar-refractivity contribution in [2.75, 3.05) is 0 Å². The van der Waals surface area contributed by atoms with Crippen molar-refractivity contribution in [1.82, 2.24) is 0 Å². The number of ether oxygens (including phenoxy) is 1. The normalized spacial score (nSPS) is 10.5. The molecule has 21 heavy (non-hydrogen) atoms. The zero-order valence-electron chi connectivity index (χ0n) is 12.1. The highest BCUT2D eigenvalue weighted by Gasteiger charge is 2.15. The number of benzene rings is 2. The lowest BCUT2D eigenvalue weighted by Gasteiger charge is -2.14. The van der Waals surface area contributed by atoms with Crippen LogP contribution in [0.2, 0.25) is 0 Å². The maximum Gasteiger partial charge on any atom is 0.274 e. The second-order valence-corrected chi connectivity index (χ2v) is 5.20. The molecule has 0 fully saturated rings. The lowest BCUT2D eigenvalue weighted by atomic mass is 10.1. The lowest BCUT2D eigenvalue weighted by molar-refractivity contribution is -0.385. The van der Waals surface area contributed by atoms with Gasteiger partial charge in [0.2, 0.25) is 0 Å². The van der Waals surface area contributed by atoms with Gasteiger partial charge in [-0.25, -0.2) is 0 Å². The van der Waals surface area contributed by atoms with Crippen molar-refractivity contribution < 1.29 is 9.66 Å². The van der Waals surface area contributed by atoms with Crippen molar-refractivity contribution in [3.05, 3.63) is 62.7 Å². The van der Waals surface area contributed by atoms with E-state index >= 15 is 0 Å². The quantitative estimate of drug-likeness (QED) is 0.451. The van der Waals surface area contributed by atoms with Gasteiger partial charge in [0.05, 0.1) is 10.8 Å². The molecule has 0 aliphatic heterocycles. The molecule has 110 valence electrons. The molecule has 4 nitrogen and oxygen atoms in total. The number of hydrogen-bond acceptors (Lipinski definition) is 3. The Hall–Kier alpha value is -2.07. The van der Waals surface area contributed by atoms with Crippen LogP contribution in [0.4, 0.5) is 5.69 Å². The molecule has 0 atom stereocenters. The van der Waals surface area contributed by atoms with Crippen LogP contribution < -0.4 is 4.74 Å². The molecular formula is C16H16ClNO3. The van der Waals surface area contributed by atoms with Gasteiger partial charge < -0.3 is 4.74 Å². The minimum Gasteiger partial charge on any atom is -0.457 e. The second-order valence-electron chi connectivity index (χ2n) is 4.94. The summed E-state index contributed by atoms with van der Waals surface area (Å²) in [6, 6.07) is 8.67. The first kappa shape index (κ1) is 15.3. The molecule has 2 aromatic rings. The molecule has 0 unspecified atom stereocenters. The zero-order valence-corrected chi connectivity index (χ0v) is 12.9. The zero-order chi connectivity index (χ0) is 15.6. The van der Waals surface area contributed by atoms with E-state index in [9.17, 15) is 10.1 Å². The van der Waals surface area contributed by atoms with Crippen LogP contribution in [0.3, 0.4) is 0 Å². The van der Waals surface area contributed by atoms with E-state index in [1.807, 2.05) is 32.9 Å². The SMILES string of the molecule is Cc1ccc(C)c(Oc2ccc([N+](=O)[O-])c(CCl)c2)c1C. The number of aryl methyl sites for hydroxylation is 2. The summed E-state index contributed by atoms with van der Waals surface area (Å²) >= 11 is 5.78. The van der Waals surface area contributed by atoms with Gasteiger partial charge in [-0.1, -0.05) is 12.1 Å². The van der Waals surface area contributed by atoms with Gasteiger partial charge >= 0.3 is 0 Å². The number of nitrogens with zero attached hydrogens (tertiary/aromatic N) is 1. The summed E-state index contributed by atoms with van der Waals surface area (Å²) in [5, 5.41) is 10.9. The summed E-state index contributed by atoms with van der Waals surface area (Å²) < 4.78 is 5.92. The Morgan fingerprint density at radius 3 is 2.43 bits per heavy atom. The molecule has 0 aliphatic carbocycles. The van der Waals surface area contributed by atoms with Gasteiger partial charge in [0.15, 0.2) is 0 Å². The predicted octanol–water partition coefficient (Wildman–Crippen LogP) is 5.05. The maximum absolute atomic E-state index is 10.9. The van der Waals surface area contributed by atoms with E-state index in [4.69, 9.17) is 16.3 Å². The average Bonchev–Trinajstić information content (AvgIpc) is 2.47. The molecule has 5 heteroatoms. The average molecular weight is 306 g/mol. The van der Waals surface area contributed by atoms with Crippen LogP contribution in [0.5, 0.6) is 11.5 Å². The van der Waals surface area contributed by atoms with Crippen LogP contribution >= 0.6 is 11.6 Å². The fourth-order valence-electron chi connectivity index (χ4n) is 2.11.